The third kappa shape index (κ3) is 3.40. The van der Waals surface area contributed by atoms with Crippen LogP contribution in [0.25, 0.3) is 11.1 Å². The van der Waals surface area contributed by atoms with Crippen molar-refractivity contribution in [3.63, 3.8) is 0 Å². The second-order valence-electron chi connectivity index (χ2n) is 9.15. The lowest BCUT2D eigenvalue weighted by Gasteiger charge is -2.27. The molecular formula is C27H27NO. The van der Waals surface area contributed by atoms with Gasteiger partial charge in [0.1, 0.15) is 0 Å². The Labute approximate surface area is 173 Å². The van der Waals surface area contributed by atoms with E-state index in [1.807, 2.05) is 6.07 Å². The number of carbonyl (C=O) groups excluding carboxylic acids is 1. The fourth-order valence-corrected chi connectivity index (χ4v) is 5.06. The molecular weight excluding hydrogens is 354 g/mol. The lowest BCUT2D eigenvalue weighted by Crippen LogP contribution is -2.17. The molecule has 5 rings (SSSR count). The van der Waals surface area contributed by atoms with Gasteiger partial charge in [0.25, 0.3) is 0 Å². The van der Waals surface area contributed by atoms with Crippen LogP contribution in [-0.4, -0.2) is 5.91 Å². The highest BCUT2D eigenvalue weighted by molar-refractivity contribution is 6.12. The summed E-state index contributed by atoms with van der Waals surface area (Å²) in [6, 6.07) is 12.9. The number of amides is 1. The summed E-state index contributed by atoms with van der Waals surface area (Å²) in [4.78, 5) is 12.6. The molecule has 1 N–H and O–H groups in total. The van der Waals surface area contributed by atoms with E-state index in [2.05, 4.69) is 61.3 Å². The van der Waals surface area contributed by atoms with Gasteiger partial charge in [-0.05, 0) is 73.6 Å². The molecule has 0 aromatic heterocycles. The molecule has 0 saturated heterocycles. The van der Waals surface area contributed by atoms with Crippen LogP contribution < -0.4 is 5.32 Å². The third-order valence-electron chi connectivity index (χ3n) is 6.74. The van der Waals surface area contributed by atoms with Crippen molar-refractivity contribution < 1.29 is 4.79 Å². The minimum Gasteiger partial charge on any atom is -0.325 e. The van der Waals surface area contributed by atoms with Gasteiger partial charge in [-0.2, -0.15) is 0 Å². The Hall–Kier alpha value is -2.79. The molecule has 0 spiro atoms. The molecule has 29 heavy (non-hydrogen) atoms. The number of nitrogens with one attached hydrogen (secondary N) is 1. The van der Waals surface area contributed by atoms with E-state index in [-0.39, 0.29) is 11.3 Å². The van der Waals surface area contributed by atoms with Crippen molar-refractivity contribution in [3.8, 4) is 11.8 Å². The predicted octanol–water partition coefficient (Wildman–Crippen LogP) is 6.13. The van der Waals surface area contributed by atoms with Crippen molar-refractivity contribution in [3.05, 3.63) is 64.2 Å². The zero-order valence-electron chi connectivity index (χ0n) is 17.3. The molecule has 2 aromatic rings. The molecule has 2 heteroatoms. The molecule has 0 bridgehead atoms. The van der Waals surface area contributed by atoms with Gasteiger partial charge in [-0.1, -0.05) is 54.9 Å². The summed E-state index contributed by atoms with van der Waals surface area (Å²) in [6.45, 7) is 4.42. The Morgan fingerprint density at radius 2 is 1.72 bits per heavy atom. The third-order valence-corrected chi connectivity index (χ3v) is 6.74. The summed E-state index contributed by atoms with van der Waals surface area (Å²) >= 11 is 0. The maximum Gasteiger partial charge on any atom is 0.228 e. The maximum absolute atomic E-state index is 12.6. The van der Waals surface area contributed by atoms with Crippen LogP contribution in [0.15, 0.2) is 36.4 Å². The van der Waals surface area contributed by atoms with E-state index >= 15 is 0 Å². The SMILES string of the molecule is Cc1ccc2c(c1)C1=C(C2)c2cc(C#CC3(C)CCCCC3)ccc2NC(=O)C1. The lowest BCUT2D eigenvalue weighted by molar-refractivity contribution is -0.115. The lowest BCUT2D eigenvalue weighted by atomic mass is 9.76. The molecule has 1 heterocycles. The van der Waals surface area contributed by atoms with Crippen LogP contribution in [0.1, 0.15) is 73.3 Å². The summed E-state index contributed by atoms with van der Waals surface area (Å²) in [5.74, 6) is 7.11. The second-order valence-corrected chi connectivity index (χ2v) is 9.15. The van der Waals surface area contributed by atoms with E-state index in [0.29, 0.717) is 6.42 Å². The average Bonchev–Trinajstić information content (AvgIpc) is 2.98. The molecule has 1 amide bonds. The average molecular weight is 382 g/mol. The summed E-state index contributed by atoms with van der Waals surface area (Å²) in [5, 5.41) is 3.11. The van der Waals surface area contributed by atoms with Gasteiger partial charge < -0.3 is 5.32 Å². The van der Waals surface area contributed by atoms with Crippen LogP contribution in [0.4, 0.5) is 5.69 Å². The quantitative estimate of drug-likeness (QED) is 0.547. The zero-order valence-corrected chi connectivity index (χ0v) is 17.3. The molecule has 2 aromatic carbocycles. The van der Waals surface area contributed by atoms with Crippen molar-refractivity contribution in [2.24, 2.45) is 5.41 Å². The molecule has 2 aliphatic carbocycles. The first kappa shape index (κ1) is 18.3. The highest BCUT2D eigenvalue weighted by Gasteiger charge is 2.29. The number of carbonyl (C=O) groups is 1. The van der Waals surface area contributed by atoms with Gasteiger partial charge in [-0.15, -0.1) is 0 Å². The molecule has 1 fully saturated rings. The molecule has 1 aliphatic heterocycles. The van der Waals surface area contributed by atoms with Crippen LogP contribution in [0.3, 0.4) is 0 Å². The predicted molar refractivity (Wildman–Crippen MR) is 119 cm³/mol. The number of hydrogen-bond acceptors (Lipinski definition) is 1. The minimum absolute atomic E-state index is 0.0687. The van der Waals surface area contributed by atoms with Gasteiger partial charge in [0, 0.05) is 22.2 Å². The van der Waals surface area contributed by atoms with Crippen molar-refractivity contribution in [2.45, 2.75) is 58.8 Å². The smallest absolute Gasteiger partial charge is 0.228 e. The van der Waals surface area contributed by atoms with Crippen LogP contribution >= 0.6 is 0 Å². The Balaban J connectivity index is 1.57. The molecule has 0 radical (unpaired) electrons. The topological polar surface area (TPSA) is 29.1 Å². The minimum atomic E-state index is 0.0687. The van der Waals surface area contributed by atoms with Crippen LogP contribution in [-0.2, 0) is 11.2 Å². The van der Waals surface area contributed by atoms with E-state index in [9.17, 15) is 4.79 Å². The molecule has 146 valence electrons. The summed E-state index contributed by atoms with van der Waals surface area (Å²) in [7, 11) is 0. The number of anilines is 1. The summed E-state index contributed by atoms with van der Waals surface area (Å²) in [5.41, 5.74) is 9.52. The first-order chi connectivity index (χ1) is 14.0. The zero-order chi connectivity index (χ0) is 20.0. The second kappa shape index (κ2) is 6.92. The van der Waals surface area contributed by atoms with E-state index in [4.69, 9.17) is 0 Å². The first-order valence-corrected chi connectivity index (χ1v) is 10.8. The van der Waals surface area contributed by atoms with Crippen molar-refractivity contribution in [2.75, 3.05) is 5.32 Å². The fraction of sp³-hybridized carbons (Fsp3) is 0.370. The highest BCUT2D eigenvalue weighted by atomic mass is 16.1. The van der Waals surface area contributed by atoms with Crippen LogP contribution in [0, 0.1) is 24.2 Å². The normalized spacial score (nSPS) is 19.3. The number of rotatable bonds is 0. The maximum atomic E-state index is 12.6. The fourth-order valence-electron chi connectivity index (χ4n) is 5.06. The number of benzene rings is 2. The number of allylic oxidation sites excluding steroid dienone is 1. The van der Waals surface area contributed by atoms with E-state index in [0.717, 1.165) is 23.2 Å². The number of aryl methyl sites for hydroxylation is 1. The highest BCUT2D eigenvalue weighted by Crippen LogP contribution is 2.44. The van der Waals surface area contributed by atoms with E-state index < -0.39 is 0 Å². The number of hydrogen-bond donors (Lipinski definition) is 1. The Morgan fingerprint density at radius 3 is 2.55 bits per heavy atom. The van der Waals surface area contributed by atoms with Gasteiger partial charge >= 0.3 is 0 Å². The first-order valence-electron chi connectivity index (χ1n) is 10.8. The van der Waals surface area contributed by atoms with Gasteiger partial charge in [0.2, 0.25) is 5.91 Å². The molecule has 0 unspecified atom stereocenters. The Kier molecular flexibility index (Phi) is 4.36. The van der Waals surface area contributed by atoms with Gasteiger partial charge in [0.05, 0.1) is 6.42 Å². The van der Waals surface area contributed by atoms with E-state index in [1.54, 1.807) is 0 Å². The molecule has 0 atom stereocenters. The molecule has 1 saturated carbocycles. The van der Waals surface area contributed by atoms with Crippen molar-refractivity contribution in [1.82, 2.24) is 0 Å². The molecule has 2 nitrogen and oxygen atoms in total. The van der Waals surface area contributed by atoms with Crippen molar-refractivity contribution >= 4 is 22.7 Å². The van der Waals surface area contributed by atoms with Crippen LogP contribution in [0.5, 0.6) is 0 Å². The van der Waals surface area contributed by atoms with Gasteiger partial charge in [-0.25, -0.2) is 0 Å². The number of fused-ring (bicyclic) bond motifs is 4. The largest absolute Gasteiger partial charge is 0.325 e. The van der Waals surface area contributed by atoms with Crippen molar-refractivity contribution in [1.29, 1.82) is 0 Å². The Bertz CT molecular complexity index is 1100. The van der Waals surface area contributed by atoms with Gasteiger partial charge in [-0.3, -0.25) is 4.79 Å². The summed E-state index contributed by atoms with van der Waals surface area (Å²) < 4.78 is 0. The molecule has 3 aliphatic rings. The van der Waals surface area contributed by atoms with E-state index in [1.165, 1.54) is 59.9 Å². The monoisotopic (exact) mass is 381 g/mol. The standard InChI is InChI=1S/C27H27NO/c1-18-6-8-20-16-22-23(21(20)14-18)17-26(29)28-25-9-7-19(15-24(22)25)10-13-27(2)11-4-3-5-12-27/h6-9,14-15H,3-5,11-12,16-17H2,1-2H3,(H,28,29). The van der Waals surface area contributed by atoms with Crippen LogP contribution in [0.2, 0.25) is 0 Å². The van der Waals surface area contributed by atoms with Gasteiger partial charge in [0.15, 0.2) is 0 Å². The summed E-state index contributed by atoms with van der Waals surface area (Å²) in [6.07, 6.45) is 7.65. The Morgan fingerprint density at radius 1 is 0.931 bits per heavy atom.